The van der Waals surface area contributed by atoms with Crippen molar-refractivity contribution in [1.29, 1.82) is 0 Å². The summed E-state index contributed by atoms with van der Waals surface area (Å²) in [6, 6.07) is 1.69. The summed E-state index contributed by atoms with van der Waals surface area (Å²) in [7, 11) is 1.32. The molecule has 0 aromatic carbocycles. The summed E-state index contributed by atoms with van der Waals surface area (Å²) in [4.78, 5) is 11.8. The summed E-state index contributed by atoms with van der Waals surface area (Å²) < 4.78 is 13.8. The third-order valence-corrected chi connectivity index (χ3v) is 5.24. The van der Waals surface area contributed by atoms with Crippen LogP contribution in [0.5, 0.6) is 0 Å². The maximum atomic E-state index is 11.8. The minimum absolute atomic E-state index is 0.00559. The van der Waals surface area contributed by atoms with Gasteiger partial charge < -0.3 is 13.9 Å². The van der Waals surface area contributed by atoms with E-state index >= 15 is 0 Å². The van der Waals surface area contributed by atoms with Crippen molar-refractivity contribution in [2.24, 2.45) is 13.0 Å². The molecule has 4 nitrogen and oxygen atoms in total. The molecule has 0 unspecified atom stereocenters. The van der Waals surface area contributed by atoms with Crippen molar-refractivity contribution in [3.05, 3.63) is 28.2 Å². The van der Waals surface area contributed by atoms with Crippen molar-refractivity contribution in [3.8, 4) is 0 Å². The highest BCUT2D eigenvalue weighted by Crippen LogP contribution is 2.36. The van der Waals surface area contributed by atoms with Gasteiger partial charge in [0.05, 0.1) is 11.2 Å². The Kier molecular flexibility index (Phi) is 13.8. The normalized spacial score (nSPS) is 16.3. The Morgan fingerprint density at radius 3 is 1.66 bits per heavy atom. The van der Waals surface area contributed by atoms with Crippen molar-refractivity contribution >= 4 is 12.6 Å². The van der Waals surface area contributed by atoms with Gasteiger partial charge in [-0.2, -0.15) is 0 Å². The number of rotatable bonds is 3. The first-order valence-electron chi connectivity index (χ1n) is 11.4. The Balaban J connectivity index is 0. The highest BCUT2D eigenvalue weighted by Gasteiger charge is 2.52. The van der Waals surface area contributed by atoms with E-state index in [1.165, 1.54) is 6.42 Å². The fraction of sp³-hybridized carbons (Fsp3) is 0.792. The molecular weight excluding hydrogens is 361 g/mol. The predicted octanol–water partition coefficient (Wildman–Crippen LogP) is 5.91. The highest BCUT2D eigenvalue weighted by atomic mass is 16.7. The van der Waals surface area contributed by atoms with Gasteiger partial charge in [-0.15, -0.1) is 0 Å². The van der Waals surface area contributed by atoms with Gasteiger partial charge in [-0.3, -0.25) is 4.79 Å². The zero-order valence-corrected chi connectivity index (χ0v) is 21.8. The van der Waals surface area contributed by atoms with Gasteiger partial charge in [0.15, 0.2) is 0 Å². The topological polar surface area (TPSA) is 40.5 Å². The molecule has 1 saturated heterocycles. The lowest BCUT2D eigenvalue weighted by Gasteiger charge is -2.32. The van der Waals surface area contributed by atoms with Crippen LogP contribution in [0.1, 0.15) is 108 Å². The Bertz CT molecular complexity index is 618. The molecule has 1 fully saturated rings. The lowest BCUT2D eigenvalue weighted by Crippen LogP contribution is -2.41. The molecule has 0 radical (unpaired) electrons. The van der Waals surface area contributed by atoms with Crippen molar-refractivity contribution in [1.82, 2.24) is 4.57 Å². The molecule has 170 valence electrons. The summed E-state index contributed by atoms with van der Waals surface area (Å²) >= 11 is 0. The molecular formula is C24H48BNO3. The molecule has 0 amide bonds. The third kappa shape index (κ3) is 8.68. The molecule has 0 spiro atoms. The molecule has 29 heavy (non-hydrogen) atoms. The van der Waals surface area contributed by atoms with Crippen LogP contribution in [0.15, 0.2) is 17.1 Å². The van der Waals surface area contributed by atoms with Crippen LogP contribution in [0.25, 0.3) is 0 Å². The van der Waals surface area contributed by atoms with Crippen molar-refractivity contribution in [2.45, 2.75) is 114 Å². The molecule has 0 N–H and O–H groups in total. The van der Waals surface area contributed by atoms with Crippen LogP contribution in [0, 0.1) is 5.92 Å². The summed E-state index contributed by atoms with van der Waals surface area (Å²) in [6.45, 7) is 26.9. The van der Waals surface area contributed by atoms with Crippen LogP contribution >= 0.6 is 0 Å². The van der Waals surface area contributed by atoms with Crippen LogP contribution in [-0.2, 0) is 16.4 Å². The third-order valence-electron chi connectivity index (χ3n) is 5.24. The zero-order valence-electron chi connectivity index (χ0n) is 21.8. The number of aromatic nitrogens is 1. The Hall–Kier alpha value is -1.07. The minimum Gasteiger partial charge on any atom is -0.399 e. The van der Waals surface area contributed by atoms with Gasteiger partial charge in [-0.25, -0.2) is 0 Å². The van der Waals surface area contributed by atoms with E-state index in [1.54, 1.807) is 17.7 Å². The van der Waals surface area contributed by atoms with E-state index in [1.807, 2.05) is 61.6 Å². The van der Waals surface area contributed by atoms with Gasteiger partial charge in [-0.05, 0) is 45.1 Å². The van der Waals surface area contributed by atoms with E-state index in [2.05, 4.69) is 34.6 Å². The fourth-order valence-electron chi connectivity index (χ4n) is 2.33. The molecule has 5 heteroatoms. The molecule has 1 aliphatic heterocycles. The number of aryl methyl sites for hydroxylation is 1. The molecule has 1 aromatic heterocycles. The second-order valence-electron chi connectivity index (χ2n) is 8.68. The van der Waals surface area contributed by atoms with E-state index in [-0.39, 0.29) is 22.7 Å². The molecule has 0 bridgehead atoms. The van der Waals surface area contributed by atoms with Crippen molar-refractivity contribution in [2.75, 3.05) is 0 Å². The van der Waals surface area contributed by atoms with Gasteiger partial charge >= 0.3 is 7.12 Å². The molecule has 0 saturated carbocycles. The second-order valence-corrected chi connectivity index (χ2v) is 8.68. The summed E-state index contributed by atoms with van der Waals surface area (Å²) in [5.41, 5.74) is 1.18. The van der Waals surface area contributed by atoms with Crippen molar-refractivity contribution < 1.29 is 9.31 Å². The van der Waals surface area contributed by atoms with Gasteiger partial charge in [0.25, 0.3) is 0 Å². The van der Waals surface area contributed by atoms with Crippen LogP contribution in [-0.4, -0.2) is 22.9 Å². The van der Waals surface area contributed by atoms with Crippen LogP contribution in [0.3, 0.4) is 0 Å². The lowest BCUT2D eigenvalue weighted by molar-refractivity contribution is 0.00578. The molecule has 0 aliphatic carbocycles. The van der Waals surface area contributed by atoms with E-state index in [9.17, 15) is 4.79 Å². The summed E-state index contributed by atoms with van der Waals surface area (Å²) in [6.07, 6.45) is 3.14. The van der Waals surface area contributed by atoms with Gasteiger partial charge in [0.1, 0.15) is 0 Å². The van der Waals surface area contributed by atoms with E-state index < -0.39 is 7.12 Å². The number of hydrogen-bond donors (Lipinski definition) is 0. The van der Waals surface area contributed by atoms with Crippen LogP contribution in [0.4, 0.5) is 0 Å². The zero-order chi connectivity index (χ0) is 23.6. The molecule has 2 heterocycles. The van der Waals surface area contributed by atoms with Gasteiger partial charge in [0.2, 0.25) is 5.56 Å². The molecule has 1 aliphatic rings. The van der Waals surface area contributed by atoms with E-state index in [0.29, 0.717) is 0 Å². The predicted molar refractivity (Wildman–Crippen MR) is 129 cm³/mol. The minimum atomic E-state index is -0.427. The maximum Gasteiger partial charge on any atom is 0.496 e. The Morgan fingerprint density at radius 1 is 0.966 bits per heavy atom. The largest absolute Gasteiger partial charge is 0.496 e. The van der Waals surface area contributed by atoms with Crippen LogP contribution < -0.4 is 11.0 Å². The second kappa shape index (κ2) is 13.3. The average Bonchev–Trinajstić information content (AvgIpc) is 2.88. The number of pyridine rings is 1. The van der Waals surface area contributed by atoms with E-state index in [4.69, 9.17) is 9.31 Å². The first kappa shape index (κ1) is 30.1. The standard InChI is InChI=1S/C15H24BNO3.C5H12.2C2H6/c1-10(2)11-8-13(18)17(7)9-12(11)16-19-14(3,4)15(5,6)20-16;1-4-5(2)3;2*1-2/h8-10H,1-7H3;5H,4H2,1-3H3;2*1-2H3. The summed E-state index contributed by atoms with van der Waals surface area (Å²) in [5, 5.41) is 0. The first-order valence-corrected chi connectivity index (χ1v) is 11.4. The molecule has 1 aromatic rings. The Labute approximate surface area is 181 Å². The lowest BCUT2D eigenvalue weighted by atomic mass is 9.74. The molecule has 2 rings (SSSR count). The van der Waals surface area contributed by atoms with Gasteiger partial charge in [-0.1, -0.05) is 68.7 Å². The van der Waals surface area contributed by atoms with E-state index in [0.717, 1.165) is 16.9 Å². The van der Waals surface area contributed by atoms with Gasteiger partial charge in [0, 0.05) is 24.8 Å². The monoisotopic (exact) mass is 409 g/mol. The van der Waals surface area contributed by atoms with Crippen molar-refractivity contribution in [3.63, 3.8) is 0 Å². The fourth-order valence-corrected chi connectivity index (χ4v) is 2.33. The maximum absolute atomic E-state index is 11.8. The summed E-state index contributed by atoms with van der Waals surface area (Å²) in [5.74, 6) is 1.13. The average molecular weight is 409 g/mol. The number of nitrogens with zero attached hydrogens (tertiary/aromatic N) is 1. The Morgan fingerprint density at radius 2 is 1.34 bits per heavy atom. The SMILES string of the molecule is CC.CC.CC(C)c1cc(=O)n(C)cc1B1OC(C)(C)C(C)(C)O1.CCC(C)C. The molecule has 0 atom stereocenters. The van der Waals surface area contributed by atoms with Crippen LogP contribution in [0.2, 0.25) is 0 Å². The smallest absolute Gasteiger partial charge is 0.399 e. The first-order chi connectivity index (χ1) is 13.3. The highest BCUT2D eigenvalue weighted by molar-refractivity contribution is 6.62. The quantitative estimate of drug-likeness (QED) is 0.583. The number of hydrogen-bond acceptors (Lipinski definition) is 3.